The van der Waals surface area contributed by atoms with Crippen LogP contribution in [0.5, 0.6) is 11.5 Å². The minimum Gasteiger partial charge on any atom is -0.464 e. The molecule has 45 heavy (non-hydrogen) atoms. The Morgan fingerprint density at radius 1 is 0.711 bits per heavy atom. The number of carbonyl (C=O) groups excluding carboxylic acids is 1. The third-order valence-corrected chi connectivity index (χ3v) is 7.29. The quantitative estimate of drug-likeness (QED) is 0.0837. The first-order valence-electron chi connectivity index (χ1n) is 15.2. The number of methoxy groups -OCH3 is 2. The Balaban J connectivity index is 1.31. The van der Waals surface area contributed by atoms with Crippen LogP contribution in [0.2, 0.25) is 0 Å². The van der Waals surface area contributed by atoms with Gasteiger partial charge in [0.15, 0.2) is 25.1 Å². The van der Waals surface area contributed by atoms with Gasteiger partial charge in [0.25, 0.3) is 0 Å². The van der Waals surface area contributed by atoms with E-state index in [4.69, 9.17) is 28.4 Å². The van der Waals surface area contributed by atoms with Crippen LogP contribution in [0.4, 0.5) is 0 Å². The number of allylic oxidation sites excluding steroid dienone is 2. The fraction of sp³-hybridized carbons (Fsp3) is 0.361. The molecule has 3 aromatic carbocycles. The van der Waals surface area contributed by atoms with Gasteiger partial charge < -0.3 is 33.3 Å². The topological polar surface area (TPSA) is 78.9 Å². The second-order valence-electron chi connectivity index (χ2n) is 10.3. The maximum absolute atomic E-state index is 13.0. The Kier molecular flexibility index (Phi) is 14.6. The van der Waals surface area contributed by atoms with Crippen molar-refractivity contribution in [1.29, 1.82) is 0 Å². The number of nitrogens with zero attached hydrogens (tertiary/aromatic N) is 2. The molecule has 0 atom stereocenters. The van der Waals surface area contributed by atoms with E-state index in [0.29, 0.717) is 51.0 Å². The van der Waals surface area contributed by atoms with Gasteiger partial charge in [-0.05, 0) is 28.8 Å². The highest BCUT2D eigenvalue weighted by Crippen LogP contribution is 2.30. The molecule has 0 aliphatic carbocycles. The average molecular weight is 617 g/mol. The molecule has 1 aliphatic heterocycles. The van der Waals surface area contributed by atoms with Gasteiger partial charge in [-0.15, -0.1) is 0 Å². The molecule has 3 aromatic rings. The lowest BCUT2D eigenvalue weighted by molar-refractivity contribution is -0.127. The lowest BCUT2D eigenvalue weighted by Gasteiger charge is -2.39. The summed E-state index contributed by atoms with van der Waals surface area (Å²) in [5.41, 5.74) is 3.40. The molecule has 0 spiro atoms. The van der Waals surface area contributed by atoms with Crippen molar-refractivity contribution in [2.45, 2.75) is 6.04 Å². The molecule has 1 aliphatic rings. The minimum absolute atomic E-state index is 0.00437. The van der Waals surface area contributed by atoms with Crippen molar-refractivity contribution in [1.82, 2.24) is 9.80 Å². The van der Waals surface area contributed by atoms with E-state index in [-0.39, 0.29) is 25.5 Å². The molecular weight excluding hydrogens is 572 g/mol. The summed E-state index contributed by atoms with van der Waals surface area (Å²) >= 11 is 0. The Morgan fingerprint density at radius 2 is 1.29 bits per heavy atom. The van der Waals surface area contributed by atoms with Crippen molar-refractivity contribution >= 4 is 12.0 Å². The van der Waals surface area contributed by atoms with E-state index in [9.17, 15) is 4.79 Å². The highest BCUT2D eigenvalue weighted by molar-refractivity contribution is 5.88. The summed E-state index contributed by atoms with van der Waals surface area (Å²) in [6.45, 7) is 4.87. The van der Waals surface area contributed by atoms with E-state index >= 15 is 0 Å². The van der Waals surface area contributed by atoms with Gasteiger partial charge in [0.05, 0.1) is 32.5 Å². The second kappa shape index (κ2) is 19.4. The molecule has 0 radical (unpaired) electrons. The van der Waals surface area contributed by atoms with Crippen LogP contribution in [0.15, 0.2) is 97.1 Å². The number of ether oxygens (including phenoxy) is 6. The summed E-state index contributed by atoms with van der Waals surface area (Å²) in [6.07, 6.45) is 7.14. The normalized spacial score (nSPS) is 14.1. The van der Waals surface area contributed by atoms with Crippen molar-refractivity contribution in [2.24, 2.45) is 0 Å². The fourth-order valence-corrected chi connectivity index (χ4v) is 4.97. The van der Waals surface area contributed by atoms with Gasteiger partial charge in [-0.1, -0.05) is 85.0 Å². The SMILES string of the molecule is COCCOCOc1ccc(C=CC=CC(=O)N2CCN(C(c3ccccc3)c3ccccc3)CC2)cc1OCOCCOC. The molecule has 1 amide bonds. The zero-order valence-electron chi connectivity index (χ0n) is 26.2. The maximum atomic E-state index is 13.0. The molecular formula is C36H44N2O7. The number of benzene rings is 3. The largest absolute Gasteiger partial charge is 0.464 e. The predicted octanol–water partition coefficient (Wildman–Crippen LogP) is 5.19. The zero-order valence-corrected chi connectivity index (χ0v) is 26.2. The average Bonchev–Trinajstić information content (AvgIpc) is 3.08. The number of piperazine rings is 1. The van der Waals surface area contributed by atoms with Crippen molar-refractivity contribution < 1.29 is 33.2 Å². The smallest absolute Gasteiger partial charge is 0.246 e. The van der Waals surface area contributed by atoms with Crippen molar-refractivity contribution in [3.8, 4) is 11.5 Å². The first-order chi connectivity index (χ1) is 22.2. The molecule has 9 nitrogen and oxygen atoms in total. The van der Waals surface area contributed by atoms with Gasteiger partial charge in [-0.25, -0.2) is 0 Å². The number of amides is 1. The Labute approximate surface area is 266 Å². The Morgan fingerprint density at radius 3 is 1.87 bits per heavy atom. The third-order valence-electron chi connectivity index (χ3n) is 7.29. The first kappa shape index (κ1) is 33.9. The highest BCUT2D eigenvalue weighted by atomic mass is 16.7. The molecule has 0 aromatic heterocycles. The van der Waals surface area contributed by atoms with Crippen LogP contribution < -0.4 is 9.47 Å². The third kappa shape index (κ3) is 11.1. The molecule has 0 unspecified atom stereocenters. The molecule has 9 heteroatoms. The molecule has 0 bridgehead atoms. The number of rotatable bonds is 18. The van der Waals surface area contributed by atoms with Crippen LogP contribution in [-0.4, -0.2) is 96.1 Å². The molecule has 1 saturated heterocycles. The highest BCUT2D eigenvalue weighted by Gasteiger charge is 2.27. The van der Waals surface area contributed by atoms with E-state index in [0.717, 1.165) is 18.7 Å². The van der Waals surface area contributed by atoms with Crippen LogP contribution in [-0.2, 0) is 23.7 Å². The van der Waals surface area contributed by atoms with Crippen molar-refractivity contribution in [2.75, 3.05) is 80.4 Å². The van der Waals surface area contributed by atoms with E-state index < -0.39 is 0 Å². The van der Waals surface area contributed by atoms with E-state index in [1.54, 1.807) is 26.4 Å². The molecule has 240 valence electrons. The lowest BCUT2D eigenvalue weighted by Crippen LogP contribution is -2.49. The minimum atomic E-state index is 0.00437. The fourth-order valence-electron chi connectivity index (χ4n) is 4.97. The molecule has 1 fully saturated rings. The van der Waals surface area contributed by atoms with Gasteiger partial charge in [0.2, 0.25) is 5.91 Å². The van der Waals surface area contributed by atoms with Crippen LogP contribution in [0.1, 0.15) is 22.7 Å². The summed E-state index contributed by atoms with van der Waals surface area (Å²) in [6, 6.07) is 26.9. The Hall–Kier alpha value is -3.99. The van der Waals surface area contributed by atoms with Gasteiger partial charge in [-0.3, -0.25) is 9.69 Å². The first-order valence-corrected chi connectivity index (χ1v) is 15.2. The van der Waals surface area contributed by atoms with Gasteiger partial charge in [0, 0.05) is 46.5 Å². The van der Waals surface area contributed by atoms with Gasteiger partial charge in [-0.2, -0.15) is 0 Å². The molecule has 0 saturated carbocycles. The molecule has 1 heterocycles. The van der Waals surface area contributed by atoms with E-state index in [2.05, 4.69) is 53.4 Å². The zero-order chi connectivity index (χ0) is 31.5. The molecule has 0 N–H and O–H groups in total. The van der Waals surface area contributed by atoms with Gasteiger partial charge >= 0.3 is 0 Å². The summed E-state index contributed by atoms with van der Waals surface area (Å²) < 4.78 is 32.4. The summed E-state index contributed by atoms with van der Waals surface area (Å²) in [7, 11) is 3.23. The lowest BCUT2D eigenvalue weighted by atomic mass is 9.96. The number of carbonyl (C=O) groups is 1. The van der Waals surface area contributed by atoms with Crippen LogP contribution >= 0.6 is 0 Å². The second-order valence-corrected chi connectivity index (χ2v) is 10.3. The summed E-state index contributed by atoms with van der Waals surface area (Å²) in [5, 5.41) is 0. The standard InChI is InChI=1S/C36H44N2O7/c1-40-23-25-42-28-44-33-18-17-30(27-34(33)45-29-43-26-24-41-2)11-9-10-16-35(39)37-19-21-38(22-20-37)36(31-12-5-3-6-13-31)32-14-7-4-8-15-32/h3-18,27,36H,19-26,28-29H2,1-2H3. The number of hydrogen-bond acceptors (Lipinski definition) is 8. The summed E-state index contributed by atoms with van der Waals surface area (Å²) in [4.78, 5) is 17.4. The monoisotopic (exact) mass is 616 g/mol. The van der Waals surface area contributed by atoms with E-state index in [1.165, 1.54) is 11.1 Å². The van der Waals surface area contributed by atoms with Gasteiger partial charge in [0.1, 0.15) is 0 Å². The van der Waals surface area contributed by atoms with E-state index in [1.807, 2.05) is 47.4 Å². The maximum Gasteiger partial charge on any atom is 0.246 e. The van der Waals surface area contributed by atoms with Crippen LogP contribution in [0.25, 0.3) is 6.08 Å². The van der Waals surface area contributed by atoms with Crippen molar-refractivity contribution in [3.63, 3.8) is 0 Å². The molecule has 4 rings (SSSR count). The van der Waals surface area contributed by atoms with Crippen molar-refractivity contribution in [3.05, 3.63) is 114 Å². The van der Waals surface area contributed by atoms with Crippen LogP contribution in [0.3, 0.4) is 0 Å². The number of hydrogen-bond donors (Lipinski definition) is 0. The predicted molar refractivity (Wildman–Crippen MR) is 174 cm³/mol. The summed E-state index contributed by atoms with van der Waals surface area (Å²) in [5.74, 6) is 1.06. The Bertz CT molecular complexity index is 1290. The van der Waals surface area contributed by atoms with Crippen LogP contribution in [0, 0.1) is 0 Å².